The quantitative estimate of drug-likeness (QED) is 0.785. The number of hydrogen-bond donors (Lipinski definition) is 2. The molecule has 0 fully saturated rings. The van der Waals surface area contributed by atoms with E-state index in [0.29, 0.717) is 5.92 Å². The average Bonchev–Trinajstić information content (AvgIpc) is 2.48. The topological polar surface area (TPSA) is 38.0 Å². The summed E-state index contributed by atoms with van der Waals surface area (Å²) >= 11 is 0. The van der Waals surface area contributed by atoms with Gasteiger partial charge >= 0.3 is 0 Å². The Labute approximate surface area is 140 Å². The van der Waals surface area contributed by atoms with Crippen molar-refractivity contribution in [2.24, 2.45) is 17.6 Å². The Balaban J connectivity index is 0. The molecule has 0 saturated carbocycles. The van der Waals surface area contributed by atoms with Crippen LogP contribution in [-0.4, -0.2) is 25.4 Å². The molecular formula is C17H31ClF2N2. The van der Waals surface area contributed by atoms with Gasteiger partial charge in [-0.1, -0.05) is 58.0 Å². The highest BCUT2D eigenvalue weighted by molar-refractivity contribution is 5.85. The summed E-state index contributed by atoms with van der Waals surface area (Å²) < 4.78 is 24.1. The molecule has 0 spiro atoms. The fourth-order valence-corrected chi connectivity index (χ4v) is 1.49. The third-order valence-electron chi connectivity index (χ3n) is 3.42. The molecule has 0 unspecified atom stereocenters. The lowest BCUT2D eigenvalue weighted by atomic mass is 10.1. The number of benzene rings is 1. The average molecular weight is 337 g/mol. The van der Waals surface area contributed by atoms with Gasteiger partial charge in [0, 0.05) is 18.6 Å². The summed E-state index contributed by atoms with van der Waals surface area (Å²) in [7, 11) is 0. The molecule has 0 aliphatic rings. The first-order valence-corrected chi connectivity index (χ1v) is 7.57. The highest BCUT2D eigenvalue weighted by Crippen LogP contribution is 2.04. The van der Waals surface area contributed by atoms with Crippen molar-refractivity contribution in [2.45, 2.75) is 46.3 Å². The maximum Gasteiger partial charge on any atom is 0.105 e. The van der Waals surface area contributed by atoms with Crippen LogP contribution in [0.3, 0.4) is 0 Å². The number of hydrogen-bond acceptors (Lipinski definition) is 2. The van der Waals surface area contributed by atoms with Crippen molar-refractivity contribution in [2.75, 3.05) is 13.3 Å². The summed E-state index contributed by atoms with van der Waals surface area (Å²) in [6.45, 7) is 7.91. The van der Waals surface area contributed by atoms with Gasteiger partial charge in [0.2, 0.25) is 0 Å². The minimum absolute atomic E-state index is 0. The van der Waals surface area contributed by atoms with Crippen LogP contribution in [0.5, 0.6) is 0 Å². The first kappa shape index (κ1) is 23.6. The van der Waals surface area contributed by atoms with Crippen LogP contribution in [0.25, 0.3) is 0 Å². The summed E-state index contributed by atoms with van der Waals surface area (Å²) in [5.74, 6) is 0.605. The summed E-state index contributed by atoms with van der Waals surface area (Å²) in [4.78, 5) is 0. The van der Waals surface area contributed by atoms with E-state index in [2.05, 4.69) is 5.32 Å². The SMILES string of the molecule is CC(C)[C@@H](CF)NCc1ccccc1.CC(C)[C@H](N)CF.Cl. The molecule has 0 aliphatic heterocycles. The van der Waals surface area contributed by atoms with Gasteiger partial charge in [-0.15, -0.1) is 12.4 Å². The van der Waals surface area contributed by atoms with Gasteiger partial charge in [-0.3, -0.25) is 0 Å². The van der Waals surface area contributed by atoms with E-state index in [9.17, 15) is 8.78 Å². The minimum atomic E-state index is -0.405. The number of nitrogens with one attached hydrogen (secondary N) is 1. The maximum atomic E-state index is 12.5. The predicted octanol–water partition coefficient (Wildman–Crippen LogP) is 4.13. The zero-order valence-corrected chi connectivity index (χ0v) is 14.9. The van der Waals surface area contributed by atoms with Gasteiger partial charge in [0.1, 0.15) is 13.3 Å². The van der Waals surface area contributed by atoms with E-state index in [1.165, 1.54) is 5.56 Å². The van der Waals surface area contributed by atoms with E-state index in [0.717, 1.165) is 6.54 Å². The minimum Gasteiger partial charge on any atom is -0.325 e. The molecule has 3 N–H and O–H groups in total. The molecule has 2 atom stereocenters. The highest BCUT2D eigenvalue weighted by atomic mass is 35.5. The highest BCUT2D eigenvalue weighted by Gasteiger charge is 2.11. The van der Waals surface area contributed by atoms with Crippen molar-refractivity contribution in [3.8, 4) is 0 Å². The van der Waals surface area contributed by atoms with Crippen LogP contribution < -0.4 is 11.1 Å². The molecule has 0 saturated heterocycles. The van der Waals surface area contributed by atoms with E-state index in [4.69, 9.17) is 5.73 Å². The molecule has 22 heavy (non-hydrogen) atoms. The summed E-state index contributed by atoms with van der Waals surface area (Å²) in [6.07, 6.45) is 0. The Morgan fingerprint density at radius 2 is 1.50 bits per heavy atom. The second kappa shape index (κ2) is 13.9. The van der Waals surface area contributed by atoms with Crippen LogP contribution in [0.1, 0.15) is 33.3 Å². The zero-order chi connectivity index (χ0) is 16.3. The third kappa shape index (κ3) is 10.9. The van der Waals surface area contributed by atoms with Gasteiger partial charge in [-0.25, -0.2) is 8.78 Å². The second-order valence-electron chi connectivity index (χ2n) is 5.93. The lowest BCUT2D eigenvalue weighted by Crippen LogP contribution is -2.35. The molecule has 0 bridgehead atoms. The zero-order valence-electron chi connectivity index (χ0n) is 14.1. The van der Waals surface area contributed by atoms with Gasteiger partial charge in [-0.2, -0.15) is 0 Å². The van der Waals surface area contributed by atoms with Gasteiger partial charge in [-0.05, 0) is 17.4 Å². The van der Waals surface area contributed by atoms with Crippen molar-refractivity contribution in [3.63, 3.8) is 0 Å². The van der Waals surface area contributed by atoms with Crippen molar-refractivity contribution >= 4 is 12.4 Å². The van der Waals surface area contributed by atoms with Gasteiger partial charge in [0.15, 0.2) is 0 Å². The van der Waals surface area contributed by atoms with Crippen molar-refractivity contribution < 1.29 is 8.78 Å². The van der Waals surface area contributed by atoms with Crippen molar-refractivity contribution in [3.05, 3.63) is 35.9 Å². The molecular weight excluding hydrogens is 306 g/mol. The molecule has 130 valence electrons. The molecule has 1 rings (SSSR count). The van der Waals surface area contributed by atoms with Gasteiger partial charge in [0.25, 0.3) is 0 Å². The van der Waals surface area contributed by atoms with E-state index in [1.807, 2.05) is 58.0 Å². The fourth-order valence-electron chi connectivity index (χ4n) is 1.49. The molecule has 0 aromatic heterocycles. The van der Waals surface area contributed by atoms with Crippen molar-refractivity contribution in [1.82, 2.24) is 5.32 Å². The van der Waals surface area contributed by atoms with Crippen LogP contribution >= 0.6 is 12.4 Å². The normalized spacial score (nSPS) is 13.1. The van der Waals surface area contributed by atoms with Gasteiger partial charge < -0.3 is 11.1 Å². The van der Waals surface area contributed by atoms with Crippen LogP contribution in [-0.2, 0) is 6.54 Å². The Hall–Kier alpha value is -0.710. The number of halogens is 3. The molecule has 0 amide bonds. The van der Waals surface area contributed by atoms with E-state index >= 15 is 0 Å². The third-order valence-corrected chi connectivity index (χ3v) is 3.42. The number of alkyl halides is 2. The van der Waals surface area contributed by atoms with E-state index in [-0.39, 0.29) is 37.1 Å². The maximum absolute atomic E-state index is 12.5. The smallest absolute Gasteiger partial charge is 0.105 e. The predicted molar refractivity (Wildman–Crippen MR) is 93.9 cm³/mol. The largest absolute Gasteiger partial charge is 0.325 e. The Morgan fingerprint density at radius 1 is 0.955 bits per heavy atom. The van der Waals surface area contributed by atoms with Crippen LogP contribution in [0, 0.1) is 11.8 Å². The first-order valence-electron chi connectivity index (χ1n) is 7.57. The molecule has 0 radical (unpaired) electrons. The Morgan fingerprint density at radius 3 is 1.82 bits per heavy atom. The monoisotopic (exact) mass is 336 g/mol. The molecule has 1 aromatic rings. The fraction of sp³-hybridized carbons (Fsp3) is 0.647. The lowest BCUT2D eigenvalue weighted by Gasteiger charge is -2.18. The first-order chi connectivity index (χ1) is 9.92. The molecule has 1 aromatic carbocycles. The Kier molecular flexibility index (Phi) is 14.9. The van der Waals surface area contributed by atoms with Crippen LogP contribution in [0.4, 0.5) is 8.78 Å². The summed E-state index contributed by atoms with van der Waals surface area (Å²) in [5.41, 5.74) is 6.44. The van der Waals surface area contributed by atoms with Crippen molar-refractivity contribution in [1.29, 1.82) is 0 Å². The molecule has 0 heterocycles. The Bertz CT molecular complexity index is 348. The van der Waals surface area contributed by atoms with E-state index < -0.39 is 6.67 Å². The van der Waals surface area contributed by atoms with E-state index in [1.54, 1.807) is 0 Å². The summed E-state index contributed by atoms with van der Waals surface area (Å²) in [6, 6.07) is 9.77. The van der Waals surface area contributed by atoms with Crippen LogP contribution in [0.2, 0.25) is 0 Å². The molecule has 0 aliphatic carbocycles. The lowest BCUT2D eigenvalue weighted by molar-refractivity contribution is 0.309. The summed E-state index contributed by atoms with van der Waals surface area (Å²) in [5, 5.41) is 3.21. The number of rotatable bonds is 7. The molecule has 2 nitrogen and oxygen atoms in total. The standard InChI is InChI=1S/C12H18FN.C5H12FN.ClH/c1-10(2)12(8-13)14-9-11-6-4-3-5-7-11;1-4(2)5(7)3-6;/h3-7,10,12,14H,8-9H2,1-2H3;4-5H,3,7H2,1-2H3;1H/t12-;5-;/m11./s1. The van der Waals surface area contributed by atoms with Crippen LogP contribution in [0.15, 0.2) is 30.3 Å². The molecule has 5 heteroatoms. The van der Waals surface area contributed by atoms with Gasteiger partial charge in [0.05, 0.1) is 0 Å². The number of nitrogens with two attached hydrogens (primary N) is 1. The second-order valence-corrected chi connectivity index (χ2v) is 5.93.